The number of hydrogen-bond acceptors (Lipinski definition) is 7. The number of rotatable bonds is 6. The van der Waals surface area contributed by atoms with Crippen molar-refractivity contribution < 1.29 is 23.5 Å². The normalized spacial score (nSPS) is 13.6. The highest BCUT2D eigenvalue weighted by molar-refractivity contribution is 7.22. The lowest BCUT2D eigenvalue weighted by Crippen LogP contribution is -2.31. The number of ether oxygens (including phenoxy) is 1. The van der Waals surface area contributed by atoms with Crippen molar-refractivity contribution in [3.8, 4) is 5.75 Å². The van der Waals surface area contributed by atoms with Crippen LogP contribution >= 0.6 is 11.3 Å². The number of carbonyl (C=O) groups excluding carboxylic acids is 3. The molecule has 1 aliphatic heterocycles. The molecule has 172 valence electrons. The molecule has 0 aliphatic carbocycles. The summed E-state index contributed by atoms with van der Waals surface area (Å²) in [5.41, 5.74) is 2.59. The van der Waals surface area contributed by atoms with Gasteiger partial charge < -0.3 is 9.15 Å². The number of hydrogen-bond donors (Lipinski definition) is 0. The molecule has 0 N–H and O–H groups in total. The Morgan fingerprint density at radius 3 is 2.50 bits per heavy atom. The van der Waals surface area contributed by atoms with E-state index in [9.17, 15) is 14.4 Å². The van der Waals surface area contributed by atoms with Crippen molar-refractivity contribution in [1.82, 2.24) is 4.98 Å². The van der Waals surface area contributed by atoms with Crippen LogP contribution in [0.25, 0.3) is 10.2 Å². The van der Waals surface area contributed by atoms with Crippen LogP contribution in [0.4, 0.5) is 10.8 Å². The smallest absolute Gasteiger partial charge is 0.260 e. The molecule has 2 aromatic carbocycles. The van der Waals surface area contributed by atoms with Crippen molar-refractivity contribution in [2.45, 2.75) is 26.3 Å². The number of anilines is 2. The van der Waals surface area contributed by atoms with Gasteiger partial charge in [-0.2, -0.15) is 0 Å². The van der Waals surface area contributed by atoms with Gasteiger partial charge in [0.1, 0.15) is 17.0 Å². The van der Waals surface area contributed by atoms with Crippen LogP contribution in [-0.4, -0.2) is 29.8 Å². The summed E-state index contributed by atoms with van der Waals surface area (Å²) in [5, 5.41) is 0.512. The standard InChI is InChI=1S/C25H21N3O5S/c1-15-5-10-19(32-2)22-23(15)34-25(26-22)27(14-18-4-3-13-33-18)24(31)16-6-8-17(9-7-16)28-20(29)11-12-21(28)30/h3-10,13H,11-12,14H2,1-2H3. The monoisotopic (exact) mass is 475 g/mol. The van der Waals surface area contributed by atoms with Gasteiger partial charge in [-0.1, -0.05) is 17.4 Å². The molecule has 5 rings (SSSR count). The second kappa shape index (κ2) is 8.75. The average molecular weight is 476 g/mol. The molecule has 1 saturated heterocycles. The third-order valence-electron chi connectivity index (χ3n) is 5.71. The fraction of sp³-hybridized carbons (Fsp3) is 0.200. The van der Waals surface area contributed by atoms with E-state index in [1.54, 1.807) is 54.7 Å². The molecule has 8 nitrogen and oxygen atoms in total. The van der Waals surface area contributed by atoms with Crippen molar-refractivity contribution in [3.05, 3.63) is 71.7 Å². The number of thiazole rings is 1. The van der Waals surface area contributed by atoms with Gasteiger partial charge in [-0.05, 0) is 55.0 Å². The Labute approximate surface area is 199 Å². The molecule has 0 unspecified atom stereocenters. The van der Waals surface area contributed by atoms with Crippen LogP contribution in [0.5, 0.6) is 5.75 Å². The molecule has 34 heavy (non-hydrogen) atoms. The average Bonchev–Trinajstić information content (AvgIpc) is 3.58. The molecule has 0 saturated carbocycles. The summed E-state index contributed by atoms with van der Waals surface area (Å²) >= 11 is 1.41. The van der Waals surface area contributed by atoms with E-state index >= 15 is 0 Å². The predicted molar refractivity (Wildman–Crippen MR) is 128 cm³/mol. The number of aryl methyl sites for hydroxylation is 1. The molecule has 2 aromatic heterocycles. The van der Waals surface area contributed by atoms with Crippen LogP contribution in [0.2, 0.25) is 0 Å². The van der Waals surface area contributed by atoms with E-state index in [1.165, 1.54) is 11.3 Å². The maximum absolute atomic E-state index is 13.6. The maximum Gasteiger partial charge on any atom is 0.260 e. The minimum Gasteiger partial charge on any atom is -0.494 e. The van der Waals surface area contributed by atoms with Crippen molar-refractivity contribution in [3.63, 3.8) is 0 Å². The lowest BCUT2D eigenvalue weighted by atomic mass is 10.1. The number of furan rings is 1. The van der Waals surface area contributed by atoms with E-state index < -0.39 is 0 Å². The van der Waals surface area contributed by atoms with Crippen LogP contribution in [0, 0.1) is 6.92 Å². The highest BCUT2D eigenvalue weighted by atomic mass is 32.1. The summed E-state index contributed by atoms with van der Waals surface area (Å²) in [6.07, 6.45) is 1.97. The molecule has 0 radical (unpaired) electrons. The van der Waals surface area contributed by atoms with Gasteiger partial charge in [-0.15, -0.1) is 0 Å². The van der Waals surface area contributed by atoms with E-state index in [0.717, 1.165) is 15.2 Å². The first-order chi connectivity index (χ1) is 16.5. The van der Waals surface area contributed by atoms with Crippen LogP contribution in [0.3, 0.4) is 0 Å². The highest BCUT2D eigenvalue weighted by Crippen LogP contribution is 2.37. The quantitative estimate of drug-likeness (QED) is 0.375. The van der Waals surface area contributed by atoms with Crippen LogP contribution in [0.15, 0.2) is 59.2 Å². The molecule has 1 fully saturated rings. The summed E-state index contributed by atoms with van der Waals surface area (Å²) in [6, 6.07) is 13.8. The predicted octanol–water partition coefficient (Wildman–Crippen LogP) is 4.71. The number of aromatic nitrogens is 1. The summed E-state index contributed by atoms with van der Waals surface area (Å²) in [6.45, 7) is 2.18. The molecule has 0 bridgehead atoms. The molecule has 9 heteroatoms. The van der Waals surface area contributed by atoms with Crippen molar-refractivity contribution in [2.75, 3.05) is 16.9 Å². The van der Waals surface area contributed by atoms with Gasteiger partial charge in [0.05, 0.1) is 30.3 Å². The first-order valence-electron chi connectivity index (χ1n) is 10.7. The van der Waals surface area contributed by atoms with Crippen LogP contribution < -0.4 is 14.5 Å². The first kappa shape index (κ1) is 21.8. The Morgan fingerprint density at radius 1 is 1.12 bits per heavy atom. The zero-order chi connectivity index (χ0) is 23.8. The van der Waals surface area contributed by atoms with E-state index in [1.807, 2.05) is 19.1 Å². The summed E-state index contributed by atoms with van der Waals surface area (Å²) in [4.78, 5) is 45.2. The van der Waals surface area contributed by atoms with Gasteiger partial charge in [0.2, 0.25) is 11.8 Å². The third kappa shape index (κ3) is 3.84. The van der Waals surface area contributed by atoms with Gasteiger partial charge in [0.15, 0.2) is 5.13 Å². The topological polar surface area (TPSA) is 93.0 Å². The van der Waals surface area contributed by atoms with Gasteiger partial charge in [-0.3, -0.25) is 24.2 Å². The van der Waals surface area contributed by atoms with E-state index in [-0.39, 0.29) is 37.1 Å². The van der Waals surface area contributed by atoms with Crippen LogP contribution in [-0.2, 0) is 16.1 Å². The number of nitrogens with zero attached hydrogens (tertiary/aromatic N) is 3. The molecule has 3 heterocycles. The van der Waals surface area contributed by atoms with E-state index in [4.69, 9.17) is 14.1 Å². The lowest BCUT2D eigenvalue weighted by molar-refractivity contribution is -0.121. The van der Waals surface area contributed by atoms with E-state index in [0.29, 0.717) is 33.4 Å². The summed E-state index contributed by atoms with van der Waals surface area (Å²) in [5.74, 6) is 0.501. The molecule has 3 amide bonds. The van der Waals surface area contributed by atoms with Gasteiger partial charge in [0.25, 0.3) is 5.91 Å². The number of amides is 3. The number of methoxy groups -OCH3 is 1. The highest BCUT2D eigenvalue weighted by Gasteiger charge is 2.30. The Hall–Kier alpha value is -3.98. The SMILES string of the molecule is COc1ccc(C)c2sc(N(Cc3ccco3)C(=O)c3ccc(N4C(=O)CCC4=O)cc3)nc12. The van der Waals surface area contributed by atoms with Crippen molar-refractivity contribution in [2.24, 2.45) is 0 Å². The second-order valence-corrected chi connectivity index (χ2v) is 8.88. The van der Waals surface area contributed by atoms with Crippen LogP contribution in [0.1, 0.15) is 34.5 Å². The molecular weight excluding hydrogens is 454 g/mol. The summed E-state index contributed by atoms with van der Waals surface area (Å²) < 4.78 is 11.9. The largest absolute Gasteiger partial charge is 0.494 e. The molecule has 4 aromatic rings. The van der Waals surface area contributed by atoms with Gasteiger partial charge in [-0.25, -0.2) is 4.98 Å². The maximum atomic E-state index is 13.6. The number of carbonyl (C=O) groups is 3. The number of fused-ring (bicyclic) bond motifs is 1. The Bertz CT molecular complexity index is 1380. The number of imide groups is 1. The first-order valence-corrected chi connectivity index (χ1v) is 11.5. The van der Waals surface area contributed by atoms with E-state index in [2.05, 4.69) is 0 Å². The fourth-order valence-electron chi connectivity index (χ4n) is 3.94. The summed E-state index contributed by atoms with van der Waals surface area (Å²) in [7, 11) is 1.59. The molecule has 0 spiro atoms. The fourth-order valence-corrected chi connectivity index (χ4v) is 4.99. The third-order valence-corrected chi connectivity index (χ3v) is 6.92. The Balaban J connectivity index is 1.52. The van der Waals surface area contributed by atoms with Gasteiger partial charge in [0, 0.05) is 18.4 Å². The lowest BCUT2D eigenvalue weighted by Gasteiger charge is -2.19. The Kier molecular flexibility index (Phi) is 5.62. The zero-order valence-corrected chi connectivity index (χ0v) is 19.4. The molecular formula is C25H21N3O5S. The van der Waals surface area contributed by atoms with Gasteiger partial charge >= 0.3 is 0 Å². The zero-order valence-electron chi connectivity index (χ0n) is 18.6. The van der Waals surface area contributed by atoms with Crippen molar-refractivity contribution in [1.29, 1.82) is 0 Å². The minimum absolute atomic E-state index is 0.192. The molecule has 0 atom stereocenters. The van der Waals surface area contributed by atoms with Crippen molar-refractivity contribution >= 4 is 50.1 Å². The molecule has 1 aliphatic rings. The Morgan fingerprint density at radius 2 is 1.85 bits per heavy atom. The number of benzene rings is 2. The minimum atomic E-state index is -0.280. The second-order valence-electron chi connectivity index (χ2n) is 7.90.